The first-order valence-corrected chi connectivity index (χ1v) is 8.94. The summed E-state index contributed by atoms with van der Waals surface area (Å²) in [6.45, 7) is 7.76. The van der Waals surface area contributed by atoms with Crippen molar-refractivity contribution >= 4 is 6.09 Å². The van der Waals surface area contributed by atoms with Crippen LogP contribution in [0, 0.1) is 13.8 Å². The lowest BCUT2D eigenvalue weighted by molar-refractivity contribution is 0.199. The first kappa shape index (κ1) is 17.5. The van der Waals surface area contributed by atoms with Crippen LogP contribution in [-0.2, 0) is 13.1 Å². The predicted molar refractivity (Wildman–Crippen MR) is 99.7 cm³/mol. The molecule has 0 aromatic heterocycles. The number of rotatable bonds is 5. The van der Waals surface area contributed by atoms with Crippen molar-refractivity contribution in [3.05, 3.63) is 64.7 Å². The molecule has 1 amide bonds. The highest BCUT2D eigenvalue weighted by molar-refractivity contribution is 5.71. The van der Waals surface area contributed by atoms with E-state index < -0.39 is 6.09 Å². The number of para-hydroxylation sites is 1. The van der Waals surface area contributed by atoms with Gasteiger partial charge in [0.15, 0.2) is 0 Å². The maximum Gasteiger partial charge on any atom is 0.412 e. The molecule has 0 unspecified atom stereocenters. The molecule has 0 saturated carbocycles. The van der Waals surface area contributed by atoms with Crippen LogP contribution < -0.4 is 10.1 Å². The second kappa shape index (κ2) is 8.17. The molecule has 132 valence electrons. The van der Waals surface area contributed by atoms with Gasteiger partial charge in [-0.05, 0) is 62.0 Å². The minimum atomic E-state index is -0.418. The van der Waals surface area contributed by atoms with E-state index >= 15 is 0 Å². The zero-order valence-electron chi connectivity index (χ0n) is 15.0. The molecule has 1 N–H and O–H groups in total. The number of carbonyl (C=O) groups excluding carboxylic acids is 1. The molecule has 25 heavy (non-hydrogen) atoms. The summed E-state index contributed by atoms with van der Waals surface area (Å²) < 4.78 is 5.45. The molecule has 3 rings (SSSR count). The van der Waals surface area contributed by atoms with Crippen LogP contribution in [0.5, 0.6) is 5.75 Å². The van der Waals surface area contributed by atoms with E-state index in [-0.39, 0.29) is 0 Å². The van der Waals surface area contributed by atoms with Gasteiger partial charge in [0.25, 0.3) is 0 Å². The fourth-order valence-electron chi connectivity index (χ4n) is 3.22. The van der Waals surface area contributed by atoms with Crippen LogP contribution in [-0.4, -0.2) is 24.1 Å². The van der Waals surface area contributed by atoms with Crippen LogP contribution in [0.2, 0.25) is 0 Å². The van der Waals surface area contributed by atoms with Gasteiger partial charge in [-0.3, -0.25) is 4.90 Å². The fraction of sp³-hybridized carbons (Fsp3) is 0.381. The van der Waals surface area contributed by atoms with Crippen molar-refractivity contribution in [3.63, 3.8) is 0 Å². The van der Waals surface area contributed by atoms with Crippen LogP contribution >= 0.6 is 0 Å². The van der Waals surface area contributed by atoms with Gasteiger partial charge >= 0.3 is 6.09 Å². The van der Waals surface area contributed by atoms with Crippen molar-refractivity contribution in [2.24, 2.45) is 0 Å². The molecular weight excluding hydrogens is 312 g/mol. The number of hydrogen-bond donors (Lipinski definition) is 1. The van der Waals surface area contributed by atoms with E-state index in [0.717, 1.165) is 23.2 Å². The Hall–Kier alpha value is -2.33. The lowest BCUT2D eigenvalue weighted by Crippen LogP contribution is -2.26. The number of nitrogens with zero attached hydrogens (tertiary/aromatic N) is 1. The molecule has 4 nitrogen and oxygen atoms in total. The van der Waals surface area contributed by atoms with E-state index in [9.17, 15) is 4.79 Å². The molecule has 1 heterocycles. The predicted octanol–water partition coefficient (Wildman–Crippen LogP) is 4.19. The monoisotopic (exact) mass is 338 g/mol. The standard InChI is InChI=1S/C21H26N2O2/c1-16-6-5-7-17(2)20(16)25-21(24)22-14-18-8-10-19(11-9-18)15-23-12-3-4-13-23/h5-11H,3-4,12-15H2,1-2H3,(H,22,24). The van der Waals surface area contributed by atoms with Crippen molar-refractivity contribution in [2.45, 2.75) is 39.8 Å². The highest BCUT2D eigenvalue weighted by Crippen LogP contribution is 2.22. The van der Waals surface area contributed by atoms with E-state index in [0.29, 0.717) is 12.3 Å². The Morgan fingerprint density at radius 2 is 1.60 bits per heavy atom. The summed E-state index contributed by atoms with van der Waals surface area (Å²) in [5, 5.41) is 2.82. The largest absolute Gasteiger partial charge is 0.412 e. The van der Waals surface area contributed by atoms with Gasteiger partial charge in [-0.15, -0.1) is 0 Å². The highest BCUT2D eigenvalue weighted by Gasteiger charge is 2.12. The number of likely N-dealkylation sites (tertiary alicyclic amines) is 1. The first-order chi connectivity index (χ1) is 12.1. The zero-order chi connectivity index (χ0) is 17.6. The zero-order valence-corrected chi connectivity index (χ0v) is 15.0. The first-order valence-electron chi connectivity index (χ1n) is 8.94. The van der Waals surface area contributed by atoms with E-state index in [2.05, 4.69) is 34.5 Å². The number of nitrogens with one attached hydrogen (secondary N) is 1. The number of aryl methyl sites for hydroxylation is 2. The summed E-state index contributed by atoms with van der Waals surface area (Å²) in [6, 6.07) is 14.3. The summed E-state index contributed by atoms with van der Waals surface area (Å²) in [5.74, 6) is 0.640. The number of carbonyl (C=O) groups is 1. The second-order valence-electron chi connectivity index (χ2n) is 6.76. The molecule has 0 bridgehead atoms. The molecule has 0 atom stereocenters. The third-order valence-corrected chi connectivity index (χ3v) is 4.67. The number of ether oxygens (including phenoxy) is 1. The summed E-state index contributed by atoms with van der Waals surface area (Å²) in [5.41, 5.74) is 4.32. The fourth-order valence-corrected chi connectivity index (χ4v) is 3.22. The van der Waals surface area contributed by atoms with Crippen LogP contribution in [0.15, 0.2) is 42.5 Å². The Morgan fingerprint density at radius 1 is 1.00 bits per heavy atom. The third kappa shape index (κ3) is 4.83. The average molecular weight is 338 g/mol. The quantitative estimate of drug-likeness (QED) is 0.889. The van der Waals surface area contributed by atoms with Crippen LogP contribution in [0.4, 0.5) is 4.79 Å². The lowest BCUT2D eigenvalue weighted by Gasteiger charge is -2.15. The molecule has 0 radical (unpaired) electrons. The van der Waals surface area contributed by atoms with E-state index in [1.54, 1.807) is 0 Å². The number of amides is 1. The highest BCUT2D eigenvalue weighted by atomic mass is 16.6. The van der Waals surface area contributed by atoms with Crippen molar-refractivity contribution in [1.29, 1.82) is 0 Å². The third-order valence-electron chi connectivity index (χ3n) is 4.67. The molecule has 1 aliphatic heterocycles. The van der Waals surface area contributed by atoms with Gasteiger partial charge in [0.05, 0.1) is 0 Å². The Balaban J connectivity index is 1.50. The summed E-state index contributed by atoms with van der Waals surface area (Å²) in [7, 11) is 0. The minimum absolute atomic E-state index is 0.418. The van der Waals surface area contributed by atoms with Gasteiger partial charge in [0.2, 0.25) is 0 Å². The van der Waals surface area contributed by atoms with Crippen molar-refractivity contribution in [2.75, 3.05) is 13.1 Å². The minimum Gasteiger partial charge on any atom is -0.410 e. The smallest absolute Gasteiger partial charge is 0.410 e. The van der Waals surface area contributed by atoms with Crippen LogP contribution in [0.3, 0.4) is 0 Å². The van der Waals surface area contributed by atoms with Crippen molar-refractivity contribution in [1.82, 2.24) is 10.2 Å². The lowest BCUT2D eigenvalue weighted by atomic mass is 10.1. The Morgan fingerprint density at radius 3 is 2.24 bits per heavy atom. The van der Waals surface area contributed by atoms with Crippen molar-refractivity contribution in [3.8, 4) is 5.75 Å². The Bertz CT molecular complexity index is 699. The van der Waals surface area contributed by atoms with Gasteiger partial charge in [0, 0.05) is 13.1 Å². The van der Waals surface area contributed by atoms with Crippen LogP contribution in [0.25, 0.3) is 0 Å². The Kier molecular flexibility index (Phi) is 5.71. The molecule has 1 aliphatic rings. The van der Waals surface area contributed by atoms with E-state index in [4.69, 9.17) is 4.74 Å². The molecule has 2 aromatic carbocycles. The average Bonchev–Trinajstić information content (AvgIpc) is 3.11. The molecule has 0 spiro atoms. The summed E-state index contributed by atoms with van der Waals surface area (Å²) >= 11 is 0. The summed E-state index contributed by atoms with van der Waals surface area (Å²) in [6.07, 6.45) is 2.20. The van der Waals surface area contributed by atoms with Gasteiger partial charge < -0.3 is 10.1 Å². The molecule has 4 heteroatoms. The maximum atomic E-state index is 12.0. The SMILES string of the molecule is Cc1cccc(C)c1OC(=O)NCc1ccc(CN2CCCC2)cc1. The molecule has 1 saturated heterocycles. The topological polar surface area (TPSA) is 41.6 Å². The number of benzene rings is 2. The Labute approximate surface area is 149 Å². The van der Waals surface area contributed by atoms with Crippen LogP contribution in [0.1, 0.15) is 35.1 Å². The normalized spacial score (nSPS) is 14.5. The van der Waals surface area contributed by atoms with Gasteiger partial charge in [-0.25, -0.2) is 4.79 Å². The maximum absolute atomic E-state index is 12.0. The van der Waals surface area contributed by atoms with Crippen molar-refractivity contribution < 1.29 is 9.53 Å². The molecule has 2 aromatic rings. The van der Waals surface area contributed by atoms with Gasteiger partial charge in [-0.2, -0.15) is 0 Å². The summed E-state index contributed by atoms with van der Waals surface area (Å²) in [4.78, 5) is 14.5. The van der Waals surface area contributed by atoms with Gasteiger partial charge in [-0.1, -0.05) is 42.5 Å². The molecular formula is C21H26N2O2. The molecule has 0 aliphatic carbocycles. The van der Waals surface area contributed by atoms with E-state index in [1.807, 2.05) is 32.0 Å². The molecule has 1 fully saturated rings. The van der Waals surface area contributed by atoms with Gasteiger partial charge in [0.1, 0.15) is 5.75 Å². The number of hydrogen-bond acceptors (Lipinski definition) is 3. The van der Waals surface area contributed by atoms with E-state index in [1.165, 1.54) is 31.5 Å². The second-order valence-corrected chi connectivity index (χ2v) is 6.76.